The number of carbonyl (C=O) groups excluding carboxylic acids is 1. The summed E-state index contributed by atoms with van der Waals surface area (Å²) in [6, 6.07) is 2.08. The van der Waals surface area contributed by atoms with Crippen LogP contribution in [0.3, 0.4) is 0 Å². The van der Waals surface area contributed by atoms with Crippen LogP contribution in [0, 0.1) is 17.2 Å². The summed E-state index contributed by atoms with van der Waals surface area (Å²) in [7, 11) is 0. The zero-order valence-corrected chi connectivity index (χ0v) is 7.18. The van der Waals surface area contributed by atoms with E-state index in [-0.39, 0.29) is 11.8 Å². The molecule has 1 unspecified atom stereocenters. The second-order valence-corrected chi connectivity index (χ2v) is 3.18. The highest BCUT2D eigenvalue weighted by atomic mass is 16.1. The molecule has 0 bridgehead atoms. The molecule has 0 aliphatic carbocycles. The molecule has 0 aromatic rings. The number of hydrogen-bond acceptors (Lipinski definition) is 2. The number of rotatable bonds is 2. The van der Waals surface area contributed by atoms with Crippen LogP contribution in [0.15, 0.2) is 0 Å². The molecule has 1 atom stereocenters. The maximum absolute atomic E-state index is 11.3. The third-order valence-corrected chi connectivity index (χ3v) is 2.25. The van der Waals surface area contributed by atoms with Gasteiger partial charge >= 0.3 is 0 Å². The van der Waals surface area contributed by atoms with Crippen molar-refractivity contribution in [3.05, 3.63) is 0 Å². The van der Waals surface area contributed by atoms with E-state index in [1.54, 1.807) is 0 Å². The van der Waals surface area contributed by atoms with Crippen LogP contribution < -0.4 is 5.32 Å². The highest BCUT2D eigenvalue weighted by molar-refractivity contribution is 5.78. The lowest BCUT2D eigenvalue weighted by atomic mass is 9.98. The Kier molecular flexibility index (Phi) is 3.59. The van der Waals surface area contributed by atoms with Crippen molar-refractivity contribution in [2.75, 3.05) is 6.54 Å². The molecule has 1 aliphatic heterocycles. The van der Waals surface area contributed by atoms with Crippen LogP contribution in [0.2, 0.25) is 0 Å². The Hall–Kier alpha value is -1.04. The Labute approximate surface area is 72.8 Å². The summed E-state index contributed by atoms with van der Waals surface area (Å²) in [6.07, 6.45) is 4.36. The first-order valence-electron chi connectivity index (χ1n) is 4.49. The van der Waals surface area contributed by atoms with E-state index in [1.165, 1.54) is 0 Å². The molecule has 12 heavy (non-hydrogen) atoms. The molecule has 1 N–H and O–H groups in total. The monoisotopic (exact) mass is 166 g/mol. The molecular formula is C9H14N2O. The van der Waals surface area contributed by atoms with Gasteiger partial charge in [-0.1, -0.05) is 6.42 Å². The summed E-state index contributed by atoms with van der Waals surface area (Å²) >= 11 is 0. The van der Waals surface area contributed by atoms with Gasteiger partial charge in [0.1, 0.15) is 0 Å². The van der Waals surface area contributed by atoms with Gasteiger partial charge in [-0.15, -0.1) is 0 Å². The normalized spacial score (nSPS) is 23.9. The first kappa shape index (κ1) is 9.05. The topological polar surface area (TPSA) is 52.9 Å². The maximum atomic E-state index is 11.3. The first-order chi connectivity index (χ1) is 5.84. The molecule has 0 saturated carbocycles. The fraction of sp³-hybridized carbons (Fsp3) is 0.778. The number of hydrogen-bond donors (Lipinski definition) is 1. The highest BCUT2D eigenvalue weighted by Crippen LogP contribution is 2.17. The van der Waals surface area contributed by atoms with Crippen molar-refractivity contribution in [2.24, 2.45) is 5.92 Å². The molecule has 0 aromatic heterocycles. The van der Waals surface area contributed by atoms with Crippen LogP contribution in [0.25, 0.3) is 0 Å². The lowest BCUT2D eigenvalue weighted by Gasteiger charge is -2.09. The predicted octanol–water partition coefficient (Wildman–Crippen LogP) is 1.21. The molecule has 1 fully saturated rings. The fourth-order valence-corrected chi connectivity index (χ4v) is 1.52. The van der Waals surface area contributed by atoms with Crippen LogP contribution in [-0.4, -0.2) is 12.5 Å². The summed E-state index contributed by atoms with van der Waals surface area (Å²) in [5, 5.41) is 11.2. The second-order valence-electron chi connectivity index (χ2n) is 3.18. The van der Waals surface area contributed by atoms with Crippen LogP contribution in [0.4, 0.5) is 0 Å². The molecule has 1 saturated heterocycles. The number of nitriles is 1. The van der Waals surface area contributed by atoms with E-state index in [1.807, 2.05) is 0 Å². The van der Waals surface area contributed by atoms with Crippen molar-refractivity contribution < 1.29 is 4.79 Å². The zero-order chi connectivity index (χ0) is 8.81. The van der Waals surface area contributed by atoms with Gasteiger partial charge < -0.3 is 5.32 Å². The van der Waals surface area contributed by atoms with Gasteiger partial charge in [0.05, 0.1) is 6.07 Å². The Morgan fingerprint density at radius 1 is 1.58 bits per heavy atom. The van der Waals surface area contributed by atoms with E-state index in [0.29, 0.717) is 6.42 Å². The Balaban J connectivity index is 2.38. The van der Waals surface area contributed by atoms with E-state index < -0.39 is 0 Å². The van der Waals surface area contributed by atoms with Crippen molar-refractivity contribution in [2.45, 2.75) is 32.1 Å². The molecule has 66 valence electrons. The number of amides is 1. The van der Waals surface area contributed by atoms with Crippen LogP contribution in [-0.2, 0) is 4.79 Å². The lowest BCUT2D eigenvalue weighted by Crippen LogP contribution is -2.28. The van der Waals surface area contributed by atoms with Crippen molar-refractivity contribution in [1.29, 1.82) is 5.26 Å². The lowest BCUT2D eigenvalue weighted by molar-refractivity contribution is -0.124. The molecule has 3 heteroatoms. The molecule has 0 radical (unpaired) electrons. The van der Waals surface area contributed by atoms with Gasteiger partial charge in [0.2, 0.25) is 5.91 Å². The minimum absolute atomic E-state index is 0.0900. The quantitative estimate of drug-likeness (QED) is 0.670. The second kappa shape index (κ2) is 4.76. The summed E-state index contributed by atoms with van der Waals surface area (Å²) in [4.78, 5) is 11.3. The minimum atomic E-state index is 0.0900. The standard InChI is InChI=1S/C9H14N2O/c10-6-3-5-8-4-1-2-7-11-9(8)12/h8H,1-5,7H2,(H,11,12). The SMILES string of the molecule is N#CCCC1CCCCNC1=O. The van der Waals surface area contributed by atoms with Crippen LogP contribution in [0.5, 0.6) is 0 Å². The molecule has 1 heterocycles. The molecular weight excluding hydrogens is 152 g/mol. The average molecular weight is 166 g/mol. The minimum Gasteiger partial charge on any atom is -0.356 e. The average Bonchev–Trinajstić information content (AvgIpc) is 2.27. The summed E-state index contributed by atoms with van der Waals surface area (Å²) in [5.74, 6) is 0.231. The molecule has 0 aromatic carbocycles. The zero-order valence-electron chi connectivity index (χ0n) is 7.18. The van der Waals surface area contributed by atoms with Gasteiger partial charge in [0, 0.05) is 18.9 Å². The number of nitrogens with one attached hydrogen (secondary N) is 1. The van der Waals surface area contributed by atoms with Gasteiger partial charge in [-0.25, -0.2) is 0 Å². The molecule has 0 spiro atoms. The summed E-state index contributed by atoms with van der Waals surface area (Å²) < 4.78 is 0. The van der Waals surface area contributed by atoms with Crippen LogP contribution in [0.1, 0.15) is 32.1 Å². The Morgan fingerprint density at radius 3 is 3.17 bits per heavy atom. The summed E-state index contributed by atoms with van der Waals surface area (Å²) in [5.41, 5.74) is 0. The number of carbonyl (C=O) groups is 1. The summed E-state index contributed by atoms with van der Waals surface area (Å²) in [6.45, 7) is 0.807. The molecule has 1 aliphatic rings. The van der Waals surface area contributed by atoms with E-state index in [2.05, 4.69) is 11.4 Å². The Bertz CT molecular complexity index is 195. The maximum Gasteiger partial charge on any atom is 0.223 e. The van der Waals surface area contributed by atoms with Crippen molar-refractivity contribution in [3.63, 3.8) is 0 Å². The Morgan fingerprint density at radius 2 is 2.42 bits per heavy atom. The molecule has 1 amide bonds. The van der Waals surface area contributed by atoms with Gasteiger partial charge in [-0.3, -0.25) is 4.79 Å². The van der Waals surface area contributed by atoms with E-state index >= 15 is 0 Å². The smallest absolute Gasteiger partial charge is 0.223 e. The van der Waals surface area contributed by atoms with Crippen molar-refractivity contribution >= 4 is 5.91 Å². The predicted molar refractivity (Wildman–Crippen MR) is 45.2 cm³/mol. The van der Waals surface area contributed by atoms with E-state index in [0.717, 1.165) is 32.2 Å². The third kappa shape index (κ3) is 2.54. The van der Waals surface area contributed by atoms with Crippen LogP contribution >= 0.6 is 0 Å². The van der Waals surface area contributed by atoms with Crippen molar-refractivity contribution in [1.82, 2.24) is 5.32 Å². The third-order valence-electron chi connectivity index (χ3n) is 2.25. The molecule has 3 nitrogen and oxygen atoms in total. The van der Waals surface area contributed by atoms with Gasteiger partial charge in [0.15, 0.2) is 0 Å². The first-order valence-corrected chi connectivity index (χ1v) is 4.49. The van der Waals surface area contributed by atoms with Gasteiger partial charge in [0.25, 0.3) is 0 Å². The van der Waals surface area contributed by atoms with E-state index in [9.17, 15) is 4.79 Å². The molecule has 1 rings (SSSR count). The largest absolute Gasteiger partial charge is 0.356 e. The van der Waals surface area contributed by atoms with Gasteiger partial charge in [-0.2, -0.15) is 5.26 Å². The highest BCUT2D eigenvalue weighted by Gasteiger charge is 2.19. The number of nitrogens with zero attached hydrogens (tertiary/aromatic N) is 1. The van der Waals surface area contributed by atoms with Crippen molar-refractivity contribution in [3.8, 4) is 6.07 Å². The van der Waals surface area contributed by atoms with E-state index in [4.69, 9.17) is 5.26 Å². The fourth-order valence-electron chi connectivity index (χ4n) is 1.52. The van der Waals surface area contributed by atoms with Gasteiger partial charge in [-0.05, 0) is 19.3 Å².